The predicted molar refractivity (Wildman–Crippen MR) is 102 cm³/mol. The second kappa shape index (κ2) is 8.94. The van der Waals surface area contributed by atoms with Gasteiger partial charge in [-0.1, -0.05) is 0 Å². The molecule has 0 spiro atoms. The number of ether oxygens (including phenoxy) is 2. The Hall–Kier alpha value is -2.48. The first-order valence-corrected chi connectivity index (χ1v) is 9.48. The summed E-state index contributed by atoms with van der Waals surface area (Å²) < 4.78 is 11.0. The molecule has 2 heterocycles. The van der Waals surface area contributed by atoms with E-state index in [9.17, 15) is 9.59 Å². The Morgan fingerprint density at radius 2 is 1.85 bits per heavy atom. The van der Waals surface area contributed by atoms with Gasteiger partial charge < -0.3 is 25.4 Å². The predicted octanol–water partition coefficient (Wildman–Crippen LogP) is 1.57. The van der Waals surface area contributed by atoms with E-state index < -0.39 is 0 Å². The van der Waals surface area contributed by atoms with Crippen molar-refractivity contribution in [2.75, 3.05) is 38.2 Å². The van der Waals surface area contributed by atoms with Gasteiger partial charge in [0.1, 0.15) is 13.2 Å². The lowest BCUT2D eigenvalue weighted by Gasteiger charge is -2.32. The molecule has 1 saturated heterocycles. The van der Waals surface area contributed by atoms with Gasteiger partial charge in [0.05, 0.1) is 6.54 Å². The maximum Gasteiger partial charge on any atom is 0.315 e. The molecule has 8 nitrogen and oxygen atoms in total. The van der Waals surface area contributed by atoms with Crippen LogP contribution in [0.4, 0.5) is 10.5 Å². The van der Waals surface area contributed by atoms with E-state index in [1.807, 2.05) is 26.0 Å². The quantitative estimate of drug-likeness (QED) is 0.726. The van der Waals surface area contributed by atoms with Crippen LogP contribution >= 0.6 is 0 Å². The lowest BCUT2D eigenvalue weighted by Crippen LogP contribution is -2.50. The summed E-state index contributed by atoms with van der Waals surface area (Å²) in [5.74, 6) is 1.30. The van der Waals surface area contributed by atoms with Crippen molar-refractivity contribution in [2.45, 2.75) is 38.8 Å². The minimum atomic E-state index is -0.125. The lowest BCUT2D eigenvalue weighted by atomic mass is 10.1. The minimum Gasteiger partial charge on any atom is -0.486 e. The first-order chi connectivity index (χ1) is 13.0. The van der Waals surface area contributed by atoms with E-state index in [4.69, 9.17) is 9.47 Å². The number of nitrogens with zero attached hydrogens (tertiary/aromatic N) is 1. The summed E-state index contributed by atoms with van der Waals surface area (Å²) in [7, 11) is 0. The number of benzene rings is 1. The number of piperidine rings is 1. The number of anilines is 1. The molecule has 8 heteroatoms. The van der Waals surface area contributed by atoms with Crippen LogP contribution in [0.25, 0.3) is 0 Å². The number of fused-ring (bicyclic) bond motifs is 1. The Morgan fingerprint density at radius 3 is 2.56 bits per heavy atom. The molecule has 0 unspecified atom stereocenters. The third kappa shape index (κ3) is 5.75. The molecule has 148 valence electrons. The molecule has 0 aromatic heterocycles. The van der Waals surface area contributed by atoms with Crippen molar-refractivity contribution in [3.63, 3.8) is 0 Å². The third-order valence-electron chi connectivity index (χ3n) is 4.54. The Kier molecular flexibility index (Phi) is 6.39. The smallest absolute Gasteiger partial charge is 0.315 e. The van der Waals surface area contributed by atoms with Gasteiger partial charge >= 0.3 is 6.03 Å². The number of urea groups is 1. The van der Waals surface area contributed by atoms with Crippen LogP contribution in [0.5, 0.6) is 11.5 Å². The van der Waals surface area contributed by atoms with Crippen LogP contribution in [-0.4, -0.2) is 61.8 Å². The summed E-state index contributed by atoms with van der Waals surface area (Å²) in [6.45, 7) is 6.82. The van der Waals surface area contributed by atoms with Gasteiger partial charge in [-0.15, -0.1) is 0 Å². The summed E-state index contributed by atoms with van der Waals surface area (Å²) >= 11 is 0. The average Bonchev–Trinajstić information content (AvgIpc) is 2.62. The number of amides is 3. The molecule has 0 atom stereocenters. The number of likely N-dealkylation sites (tertiary alicyclic amines) is 1. The van der Waals surface area contributed by atoms with E-state index in [1.54, 1.807) is 6.07 Å². The van der Waals surface area contributed by atoms with Gasteiger partial charge in [0.15, 0.2) is 11.5 Å². The fraction of sp³-hybridized carbons (Fsp3) is 0.579. The molecule has 1 aromatic rings. The molecule has 1 aromatic carbocycles. The van der Waals surface area contributed by atoms with Crippen LogP contribution in [0, 0.1) is 0 Å². The van der Waals surface area contributed by atoms with Crippen LogP contribution in [-0.2, 0) is 4.79 Å². The Bertz CT molecular complexity index is 672. The van der Waals surface area contributed by atoms with E-state index in [0.717, 1.165) is 25.9 Å². The van der Waals surface area contributed by atoms with Gasteiger partial charge in [0, 0.05) is 36.9 Å². The molecule has 3 N–H and O–H groups in total. The van der Waals surface area contributed by atoms with Crippen molar-refractivity contribution >= 4 is 17.6 Å². The maximum atomic E-state index is 12.3. The standard InChI is InChI=1S/C19H28N4O4/c1-13(2)20-19(25)22-14-5-7-23(8-6-14)12-18(24)21-15-3-4-16-17(11-15)27-10-9-26-16/h3-4,11,13-14H,5-10,12H2,1-2H3,(H,21,24)(H2,20,22,25). The van der Waals surface area contributed by atoms with Crippen molar-refractivity contribution in [1.29, 1.82) is 0 Å². The van der Waals surface area contributed by atoms with Crippen molar-refractivity contribution in [2.24, 2.45) is 0 Å². The zero-order valence-electron chi connectivity index (χ0n) is 15.9. The van der Waals surface area contributed by atoms with Crippen LogP contribution < -0.4 is 25.4 Å². The molecule has 0 saturated carbocycles. The van der Waals surface area contributed by atoms with E-state index in [0.29, 0.717) is 36.9 Å². The fourth-order valence-corrected chi connectivity index (χ4v) is 3.25. The van der Waals surface area contributed by atoms with E-state index in [2.05, 4.69) is 20.9 Å². The number of rotatable bonds is 5. The second-order valence-electron chi connectivity index (χ2n) is 7.23. The van der Waals surface area contributed by atoms with Crippen molar-refractivity contribution in [3.05, 3.63) is 18.2 Å². The van der Waals surface area contributed by atoms with Crippen LogP contribution in [0.2, 0.25) is 0 Å². The van der Waals surface area contributed by atoms with Gasteiger partial charge in [-0.05, 0) is 38.8 Å². The van der Waals surface area contributed by atoms with Gasteiger partial charge in [0.25, 0.3) is 0 Å². The highest BCUT2D eigenvalue weighted by Crippen LogP contribution is 2.32. The van der Waals surface area contributed by atoms with Crippen LogP contribution in [0.3, 0.4) is 0 Å². The number of hydrogen-bond acceptors (Lipinski definition) is 5. The molecule has 27 heavy (non-hydrogen) atoms. The van der Waals surface area contributed by atoms with Gasteiger partial charge in [-0.2, -0.15) is 0 Å². The molecule has 3 amide bonds. The van der Waals surface area contributed by atoms with E-state index >= 15 is 0 Å². The molecule has 0 bridgehead atoms. The SMILES string of the molecule is CC(C)NC(=O)NC1CCN(CC(=O)Nc2ccc3c(c2)OCCO3)CC1. The van der Waals surface area contributed by atoms with Gasteiger partial charge in [-0.25, -0.2) is 4.79 Å². The highest BCUT2D eigenvalue weighted by molar-refractivity contribution is 5.92. The van der Waals surface area contributed by atoms with Crippen molar-refractivity contribution in [3.8, 4) is 11.5 Å². The van der Waals surface area contributed by atoms with E-state index in [-0.39, 0.29) is 24.0 Å². The largest absolute Gasteiger partial charge is 0.486 e. The van der Waals surface area contributed by atoms with Crippen LogP contribution in [0.15, 0.2) is 18.2 Å². The molecule has 2 aliphatic rings. The highest BCUT2D eigenvalue weighted by atomic mass is 16.6. The monoisotopic (exact) mass is 376 g/mol. The fourth-order valence-electron chi connectivity index (χ4n) is 3.25. The minimum absolute atomic E-state index is 0.0596. The molecule has 2 aliphatic heterocycles. The molecular weight excluding hydrogens is 348 g/mol. The summed E-state index contributed by atoms with van der Waals surface area (Å²) in [5, 5.41) is 8.73. The van der Waals surface area contributed by atoms with Gasteiger partial charge in [-0.3, -0.25) is 9.69 Å². The molecule has 0 radical (unpaired) electrons. The summed E-state index contributed by atoms with van der Waals surface area (Å²) in [5.41, 5.74) is 0.700. The molecule has 1 fully saturated rings. The normalized spacial score (nSPS) is 17.4. The summed E-state index contributed by atoms with van der Waals surface area (Å²) in [6.07, 6.45) is 1.67. The Morgan fingerprint density at radius 1 is 1.15 bits per heavy atom. The maximum absolute atomic E-state index is 12.3. The number of hydrogen-bond donors (Lipinski definition) is 3. The van der Waals surface area contributed by atoms with E-state index in [1.165, 1.54) is 0 Å². The Labute approximate surface area is 159 Å². The third-order valence-corrected chi connectivity index (χ3v) is 4.54. The number of carbonyl (C=O) groups excluding carboxylic acids is 2. The zero-order chi connectivity index (χ0) is 19.2. The molecule has 0 aliphatic carbocycles. The summed E-state index contributed by atoms with van der Waals surface area (Å²) in [6, 6.07) is 5.56. The molecule has 3 rings (SSSR count). The second-order valence-corrected chi connectivity index (χ2v) is 7.23. The first kappa shape index (κ1) is 19.3. The van der Waals surface area contributed by atoms with Crippen molar-refractivity contribution < 1.29 is 19.1 Å². The lowest BCUT2D eigenvalue weighted by molar-refractivity contribution is -0.117. The number of nitrogens with one attached hydrogen (secondary N) is 3. The topological polar surface area (TPSA) is 91.9 Å². The Balaban J connectivity index is 1.41. The van der Waals surface area contributed by atoms with Crippen molar-refractivity contribution in [1.82, 2.24) is 15.5 Å². The highest BCUT2D eigenvalue weighted by Gasteiger charge is 2.22. The first-order valence-electron chi connectivity index (χ1n) is 9.48. The zero-order valence-corrected chi connectivity index (χ0v) is 15.9. The summed E-state index contributed by atoms with van der Waals surface area (Å²) in [4.78, 5) is 26.2. The molecular formula is C19H28N4O4. The average molecular weight is 376 g/mol. The van der Waals surface area contributed by atoms with Crippen LogP contribution in [0.1, 0.15) is 26.7 Å². The van der Waals surface area contributed by atoms with Gasteiger partial charge in [0.2, 0.25) is 5.91 Å². The number of carbonyl (C=O) groups is 2.